The number of nitrogens with zero attached hydrogens (tertiary/aromatic N) is 2. The van der Waals surface area contributed by atoms with Gasteiger partial charge in [0.25, 0.3) is 0 Å². The number of hydrogen-bond acceptors (Lipinski definition) is 4. The Morgan fingerprint density at radius 2 is 1.90 bits per heavy atom. The van der Waals surface area contributed by atoms with Crippen molar-refractivity contribution in [2.75, 3.05) is 5.32 Å². The van der Waals surface area contributed by atoms with E-state index in [1.54, 1.807) is 12.4 Å². The highest BCUT2D eigenvalue weighted by atomic mass is 16.2. The highest BCUT2D eigenvalue weighted by molar-refractivity contribution is 5.94. The second-order valence-electron chi connectivity index (χ2n) is 4.90. The molecule has 0 saturated heterocycles. The lowest BCUT2D eigenvalue weighted by molar-refractivity contribution is -0.117. The summed E-state index contributed by atoms with van der Waals surface area (Å²) in [6.07, 6.45) is 5.85. The molecule has 2 rings (SSSR count). The van der Waals surface area contributed by atoms with Crippen LogP contribution in [0.4, 0.5) is 5.69 Å². The fraction of sp³-hybridized carbons (Fsp3) is 0.312. The van der Waals surface area contributed by atoms with E-state index in [2.05, 4.69) is 22.2 Å². The largest absolute Gasteiger partial charge is 0.322 e. The van der Waals surface area contributed by atoms with Crippen LogP contribution in [0.1, 0.15) is 26.2 Å². The molecule has 3 N–H and O–H groups in total. The first-order valence-corrected chi connectivity index (χ1v) is 7.14. The standard InChI is InChI=1S/C16H20N4O/c1-2-3-9-14(17)16(21)20-13-10-18-15(19-11-13)12-7-5-4-6-8-12/h4-8,10-11,14H,2-3,9,17H2,1H3,(H,20,21)/t14-/m0/s1. The molecule has 5 nitrogen and oxygen atoms in total. The SMILES string of the molecule is CCCC[C@H](N)C(=O)Nc1cnc(-c2ccccc2)nc1. The van der Waals surface area contributed by atoms with Gasteiger partial charge in [0.15, 0.2) is 5.82 Å². The molecule has 5 heteroatoms. The van der Waals surface area contributed by atoms with Crippen molar-refractivity contribution in [2.45, 2.75) is 32.2 Å². The number of hydrogen-bond donors (Lipinski definition) is 2. The van der Waals surface area contributed by atoms with Gasteiger partial charge in [-0.05, 0) is 6.42 Å². The third-order valence-corrected chi connectivity index (χ3v) is 3.16. The Labute approximate surface area is 124 Å². The van der Waals surface area contributed by atoms with E-state index in [0.717, 1.165) is 18.4 Å². The summed E-state index contributed by atoms with van der Waals surface area (Å²) in [5.74, 6) is 0.434. The van der Waals surface area contributed by atoms with Crippen LogP contribution in [0.15, 0.2) is 42.7 Å². The van der Waals surface area contributed by atoms with Crippen LogP contribution >= 0.6 is 0 Å². The summed E-state index contributed by atoms with van der Waals surface area (Å²) in [5, 5.41) is 2.74. The number of benzene rings is 1. The minimum Gasteiger partial charge on any atom is -0.322 e. The molecule has 0 aliphatic heterocycles. The molecule has 0 unspecified atom stereocenters. The molecule has 0 spiro atoms. The molecule has 110 valence electrons. The minimum atomic E-state index is -0.487. The first-order valence-electron chi connectivity index (χ1n) is 7.14. The van der Waals surface area contributed by atoms with Crippen molar-refractivity contribution >= 4 is 11.6 Å². The summed E-state index contributed by atoms with van der Waals surface area (Å²) >= 11 is 0. The Bertz CT molecular complexity index is 569. The van der Waals surface area contributed by atoms with Crippen molar-refractivity contribution in [3.8, 4) is 11.4 Å². The highest BCUT2D eigenvalue weighted by Crippen LogP contribution is 2.15. The van der Waals surface area contributed by atoms with Crippen LogP contribution in [0, 0.1) is 0 Å². The van der Waals surface area contributed by atoms with E-state index < -0.39 is 6.04 Å². The first kappa shape index (κ1) is 15.1. The monoisotopic (exact) mass is 284 g/mol. The van der Waals surface area contributed by atoms with Gasteiger partial charge in [-0.3, -0.25) is 4.79 Å². The number of nitrogens with two attached hydrogens (primary N) is 1. The molecule has 0 aliphatic rings. The number of amides is 1. The van der Waals surface area contributed by atoms with E-state index in [1.807, 2.05) is 30.3 Å². The molecule has 1 atom stereocenters. The second kappa shape index (κ2) is 7.50. The van der Waals surface area contributed by atoms with E-state index in [0.29, 0.717) is 17.9 Å². The molecular weight excluding hydrogens is 264 g/mol. The number of aromatic nitrogens is 2. The lowest BCUT2D eigenvalue weighted by Gasteiger charge is -2.11. The van der Waals surface area contributed by atoms with Gasteiger partial charge >= 0.3 is 0 Å². The molecule has 1 aromatic heterocycles. The summed E-state index contributed by atoms with van der Waals surface area (Å²) in [5.41, 5.74) is 7.32. The predicted molar refractivity (Wildman–Crippen MR) is 83.6 cm³/mol. The zero-order valence-corrected chi connectivity index (χ0v) is 12.1. The van der Waals surface area contributed by atoms with Gasteiger partial charge in [0.1, 0.15) is 0 Å². The van der Waals surface area contributed by atoms with Gasteiger partial charge in [-0.15, -0.1) is 0 Å². The zero-order chi connectivity index (χ0) is 15.1. The Morgan fingerprint density at radius 3 is 2.52 bits per heavy atom. The maximum Gasteiger partial charge on any atom is 0.241 e. The Kier molecular flexibility index (Phi) is 5.40. The Balaban J connectivity index is 1.98. The van der Waals surface area contributed by atoms with Crippen LogP contribution in [-0.2, 0) is 4.79 Å². The van der Waals surface area contributed by atoms with Crippen LogP contribution in [0.5, 0.6) is 0 Å². The van der Waals surface area contributed by atoms with Crippen molar-refractivity contribution in [2.24, 2.45) is 5.73 Å². The molecule has 0 fully saturated rings. The van der Waals surface area contributed by atoms with Crippen LogP contribution < -0.4 is 11.1 Å². The summed E-state index contributed by atoms with van der Waals surface area (Å²) in [4.78, 5) is 20.4. The van der Waals surface area contributed by atoms with Gasteiger partial charge in [-0.2, -0.15) is 0 Å². The normalized spacial score (nSPS) is 11.9. The third-order valence-electron chi connectivity index (χ3n) is 3.16. The molecule has 2 aromatic rings. The maximum atomic E-state index is 11.9. The summed E-state index contributed by atoms with van der Waals surface area (Å²) in [7, 11) is 0. The fourth-order valence-electron chi connectivity index (χ4n) is 1.92. The van der Waals surface area contributed by atoms with Gasteiger partial charge < -0.3 is 11.1 Å². The van der Waals surface area contributed by atoms with E-state index >= 15 is 0 Å². The van der Waals surface area contributed by atoms with Crippen molar-refractivity contribution in [1.29, 1.82) is 0 Å². The Morgan fingerprint density at radius 1 is 1.24 bits per heavy atom. The maximum absolute atomic E-state index is 11.9. The molecule has 1 heterocycles. The highest BCUT2D eigenvalue weighted by Gasteiger charge is 2.13. The van der Waals surface area contributed by atoms with Gasteiger partial charge in [0, 0.05) is 5.56 Å². The second-order valence-corrected chi connectivity index (χ2v) is 4.90. The van der Waals surface area contributed by atoms with Crippen molar-refractivity contribution in [1.82, 2.24) is 9.97 Å². The number of carbonyl (C=O) groups is 1. The topological polar surface area (TPSA) is 80.9 Å². The molecule has 0 aliphatic carbocycles. The van der Waals surface area contributed by atoms with Gasteiger partial charge in [0.2, 0.25) is 5.91 Å². The first-order chi connectivity index (χ1) is 10.2. The predicted octanol–water partition coefficient (Wildman–Crippen LogP) is 2.60. The van der Waals surface area contributed by atoms with Crippen LogP contribution in [0.3, 0.4) is 0 Å². The molecule has 0 radical (unpaired) electrons. The van der Waals surface area contributed by atoms with E-state index in [1.165, 1.54) is 0 Å². The van der Waals surface area contributed by atoms with Gasteiger partial charge in [0.05, 0.1) is 24.1 Å². The lowest BCUT2D eigenvalue weighted by atomic mass is 10.1. The zero-order valence-electron chi connectivity index (χ0n) is 12.1. The Hall–Kier alpha value is -2.27. The van der Waals surface area contributed by atoms with Crippen LogP contribution in [-0.4, -0.2) is 21.9 Å². The quantitative estimate of drug-likeness (QED) is 0.854. The lowest BCUT2D eigenvalue weighted by Crippen LogP contribution is -2.35. The molecular formula is C16H20N4O. The molecule has 1 aromatic carbocycles. The smallest absolute Gasteiger partial charge is 0.241 e. The van der Waals surface area contributed by atoms with Gasteiger partial charge in [-0.1, -0.05) is 50.1 Å². The van der Waals surface area contributed by atoms with Crippen LogP contribution in [0.2, 0.25) is 0 Å². The van der Waals surface area contributed by atoms with E-state index in [-0.39, 0.29) is 5.91 Å². The number of anilines is 1. The third kappa shape index (κ3) is 4.36. The summed E-state index contributed by atoms with van der Waals surface area (Å²) in [6, 6.07) is 9.19. The fourth-order valence-corrected chi connectivity index (χ4v) is 1.92. The van der Waals surface area contributed by atoms with Crippen molar-refractivity contribution in [3.63, 3.8) is 0 Å². The molecule has 0 bridgehead atoms. The number of unbranched alkanes of at least 4 members (excludes halogenated alkanes) is 1. The average molecular weight is 284 g/mol. The number of nitrogens with one attached hydrogen (secondary N) is 1. The summed E-state index contributed by atoms with van der Waals surface area (Å²) in [6.45, 7) is 2.07. The molecule has 0 saturated carbocycles. The van der Waals surface area contributed by atoms with Crippen molar-refractivity contribution in [3.05, 3.63) is 42.7 Å². The van der Waals surface area contributed by atoms with Gasteiger partial charge in [-0.25, -0.2) is 9.97 Å². The minimum absolute atomic E-state index is 0.195. The van der Waals surface area contributed by atoms with Crippen LogP contribution in [0.25, 0.3) is 11.4 Å². The van der Waals surface area contributed by atoms with E-state index in [4.69, 9.17) is 5.73 Å². The summed E-state index contributed by atoms with van der Waals surface area (Å²) < 4.78 is 0. The van der Waals surface area contributed by atoms with E-state index in [9.17, 15) is 4.79 Å². The number of rotatable bonds is 6. The number of carbonyl (C=O) groups excluding carboxylic acids is 1. The van der Waals surface area contributed by atoms with Crippen molar-refractivity contribution < 1.29 is 4.79 Å². The molecule has 21 heavy (non-hydrogen) atoms. The molecule has 1 amide bonds. The average Bonchev–Trinajstić information content (AvgIpc) is 2.54.